The van der Waals surface area contributed by atoms with Crippen molar-refractivity contribution in [1.82, 2.24) is 15.0 Å². The van der Waals surface area contributed by atoms with Crippen LogP contribution in [-0.2, 0) is 13.1 Å². The Hall–Kier alpha value is -1.98. The number of nitrogens with zero attached hydrogens (tertiary/aromatic N) is 3. The predicted octanol–water partition coefficient (Wildman–Crippen LogP) is 3.74. The molecule has 108 valence electrons. The number of hydrogen-bond acceptors (Lipinski definition) is 5. The summed E-state index contributed by atoms with van der Waals surface area (Å²) in [5, 5.41) is 6.04. The van der Waals surface area contributed by atoms with Crippen molar-refractivity contribution in [1.29, 1.82) is 0 Å². The van der Waals surface area contributed by atoms with Gasteiger partial charge in [-0.3, -0.25) is 4.90 Å². The van der Waals surface area contributed by atoms with Crippen molar-refractivity contribution in [2.75, 3.05) is 7.05 Å². The maximum absolute atomic E-state index is 5.33. The van der Waals surface area contributed by atoms with Gasteiger partial charge in [0.15, 0.2) is 0 Å². The first-order valence-corrected chi connectivity index (χ1v) is 7.70. The molecule has 21 heavy (non-hydrogen) atoms. The summed E-state index contributed by atoms with van der Waals surface area (Å²) in [5.74, 6) is 1.32. The molecule has 0 unspecified atom stereocenters. The summed E-state index contributed by atoms with van der Waals surface area (Å²) in [4.78, 5) is 7.66. The first kappa shape index (κ1) is 14.0. The minimum absolute atomic E-state index is 0.646. The molecule has 0 saturated carbocycles. The number of thiophene rings is 1. The molecule has 0 aliphatic carbocycles. The maximum Gasteiger partial charge on any atom is 0.241 e. The van der Waals surface area contributed by atoms with Gasteiger partial charge in [0, 0.05) is 6.54 Å². The lowest BCUT2D eigenvalue weighted by atomic mass is 10.1. The molecule has 0 aliphatic rings. The number of aryl methyl sites for hydroxylation is 1. The van der Waals surface area contributed by atoms with Gasteiger partial charge < -0.3 is 4.52 Å². The summed E-state index contributed by atoms with van der Waals surface area (Å²) in [6.07, 6.45) is 0. The van der Waals surface area contributed by atoms with Gasteiger partial charge in [-0.25, -0.2) is 0 Å². The second-order valence-corrected chi connectivity index (χ2v) is 6.04. The van der Waals surface area contributed by atoms with Crippen molar-refractivity contribution in [3.05, 3.63) is 58.8 Å². The van der Waals surface area contributed by atoms with Gasteiger partial charge in [0.05, 0.1) is 11.4 Å². The monoisotopic (exact) mass is 299 g/mol. The fraction of sp³-hybridized carbons (Fsp3) is 0.250. The molecule has 0 N–H and O–H groups in total. The number of hydrogen-bond donors (Lipinski definition) is 0. The maximum atomic E-state index is 5.33. The summed E-state index contributed by atoms with van der Waals surface area (Å²) in [6, 6.07) is 12.4. The Morgan fingerprint density at radius 2 is 2.00 bits per heavy atom. The molecule has 4 nitrogen and oxygen atoms in total. The van der Waals surface area contributed by atoms with Gasteiger partial charge in [0.2, 0.25) is 11.7 Å². The average Bonchev–Trinajstić information content (AvgIpc) is 3.12. The quantitative estimate of drug-likeness (QED) is 0.720. The van der Waals surface area contributed by atoms with Crippen molar-refractivity contribution in [3.8, 4) is 10.7 Å². The molecule has 0 atom stereocenters. The Kier molecular flexibility index (Phi) is 4.13. The molecule has 3 aromatic rings. The molecule has 0 fully saturated rings. The van der Waals surface area contributed by atoms with Gasteiger partial charge >= 0.3 is 0 Å². The smallest absolute Gasteiger partial charge is 0.241 e. The lowest BCUT2D eigenvalue weighted by molar-refractivity contribution is 0.260. The number of rotatable bonds is 5. The topological polar surface area (TPSA) is 42.2 Å². The zero-order chi connectivity index (χ0) is 14.7. The largest absolute Gasteiger partial charge is 0.338 e. The van der Waals surface area contributed by atoms with Crippen LogP contribution in [-0.4, -0.2) is 22.1 Å². The van der Waals surface area contributed by atoms with E-state index in [-0.39, 0.29) is 0 Å². The Balaban J connectivity index is 1.65. The molecule has 0 radical (unpaired) electrons. The lowest BCUT2D eigenvalue weighted by Gasteiger charge is -2.15. The van der Waals surface area contributed by atoms with Gasteiger partial charge in [0.25, 0.3) is 0 Å². The van der Waals surface area contributed by atoms with Gasteiger partial charge in [-0.05, 0) is 36.5 Å². The van der Waals surface area contributed by atoms with E-state index in [4.69, 9.17) is 4.52 Å². The van der Waals surface area contributed by atoms with E-state index < -0.39 is 0 Å². The minimum atomic E-state index is 0.646. The molecular weight excluding hydrogens is 282 g/mol. The lowest BCUT2D eigenvalue weighted by Crippen LogP contribution is -2.18. The van der Waals surface area contributed by atoms with Crippen LogP contribution in [0.1, 0.15) is 17.0 Å². The van der Waals surface area contributed by atoms with Crippen molar-refractivity contribution >= 4 is 11.3 Å². The Labute approximate surface area is 128 Å². The average molecular weight is 299 g/mol. The Morgan fingerprint density at radius 1 is 1.14 bits per heavy atom. The summed E-state index contributed by atoms with van der Waals surface area (Å²) >= 11 is 1.61. The number of aromatic nitrogens is 2. The Morgan fingerprint density at radius 3 is 2.76 bits per heavy atom. The van der Waals surface area contributed by atoms with Crippen molar-refractivity contribution in [3.63, 3.8) is 0 Å². The second kappa shape index (κ2) is 6.20. The van der Waals surface area contributed by atoms with Gasteiger partial charge in [-0.2, -0.15) is 4.98 Å². The zero-order valence-electron chi connectivity index (χ0n) is 12.1. The highest BCUT2D eigenvalue weighted by atomic mass is 32.1. The second-order valence-electron chi connectivity index (χ2n) is 5.09. The Bertz CT molecular complexity index is 706. The van der Waals surface area contributed by atoms with E-state index in [9.17, 15) is 0 Å². The molecule has 0 aliphatic heterocycles. The van der Waals surface area contributed by atoms with E-state index in [0.29, 0.717) is 18.3 Å². The summed E-state index contributed by atoms with van der Waals surface area (Å²) in [5.41, 5.74) is 2.62. The summed E-state index contributed by atoms with van der Waals surface area (Å²) in [7, 11) is 2.06. The molecule has 0 saturated heterocycles. The van der Waals surface area contributed by atoms with E-state index in [2.05, 4.69) is 53.3 Å². The third kappa shape index (κ3) is 3.37. The van der Waals surface area contributed by atoms with Crippen LogP contribution < -0.4 is 0 Å². The van der Waals surface area contributed by atoms with Crippen LogP contribution >= 0.6 is 11.3 Å². The van der Waals surface area contributed by atoms with Crippen LogP contribution in [0.5, 0.6) is 0 Å². The van der Waals surface area contributed by atoms with Gasteiger partial charge in [-0.1, -0.05) is 35.5 Å². The van der Waals surface area contributed by atoms with Crippen molar-refractivity contribution in [2.45, 2.75) is 20.0 Å². The molecule has 0 amide bonds. The molecule has 0 spiro atoms. The van der Waals surface area contributed by atoms with E-state index >= 15 is 0 Å². The van der Waals surface area contributed by atoms with Crippen molar-refractivity contribution < 1.29 is 4.52 Å². The van der Waals surface area contributed by atoms with Crippen LogP contribution in [0.25, 0.3) is 10.7 Å². The SMILES string of the molecule is Cc1ccccc1CN(C)Cc1nc(-c2cccs2)no1. The van der Waals surface area contributed by atoms with Gasteiger partial charge in [-0.15, -0.1) is 11.3 Å². The molecule has 5 heteroatoms. The van der Waals surface area contributed by atoms with E-state index in [1.165, 1.54) is 11.1 Å². The number of benzene rings is 1. The highest BCUT2D eigenvalue weighted by Crippen LogP contribution is 2.21. The highest BCUT2D eigenvalue weighted by Gasteiger charge is 2.12. The zero-order valence-corrected chi connectivity index (χ0v) is 12.9. The van der Waals surface area contributed by atoms with Crippen LogP contribution in [0.4, 0.5) is 0 Å². The fourth-order valence-corrected chi connectivity index (χ4v) is 2.84. The third-order valence-electron chi connectivity index (χ3n) is 3.32. The standard InChI is InChI=1S/C16H17N3OS/c1-12-6-3-4-7-13(12)10-19(2)11-15-17-16(18-20-15)14-8-5-9-21-14/h3-9H,10-11H2,1-2H3. The summed E-state index contributed by atoms with van der Waals surface area (Å²) in [6.45, 7) is 3.64. The van der Waals surface area contributed by atoms with Gasteiger partial charge in [0.1, 0.15) is 0 Å². The van der Waals surface area contributed by atoms with Crippen LogP contribution in [0.15, 0.2) is 46.3 Å². The molecule has 2 aromatic heterocycles. The molecule has 2 heterocycles. The van der Waals surface area contributed by atoms with E-state index in [1.807, 2.05) is 17.5 Å². The molecular formula is C16H17N3OS. The normalized spacial score (nSPS) is 11.2. The van der Waals surface area contributed by atoms with E-state index in [0.717, 1.165) is 11.4 Å². The highest BCUT2D eigenvalue weighted by molar-refractivity contribution is 7.13. The van der Waals surface area contributed by atoms with Crippen LogP contribution in [0, 0.1) is 6.92 Å². The predicted molar refractivity (Wildman–Crippen MR) is 84.0 cm³/mol. The van der Waals surface area contributed by atoms with E-state index in [1.54, 1.807) is 11.3 Å². The van der Waals surface area contributed by atoms with Crippen molar-refractivity contribution in [2.24, 2.45) is 0 Å². The third-order valence-corrected chi connectivity index (χ3v) is 4.18. The molecule has 3 rings (SSSR count). The first-order chi connectivity index (χ1) is 10.2. The minimum Gasteiger partial charge on any atom is -0.338 e. The van der Waals surface area contributed by atoms with Crippen LogP contribution in [0.2, 0.25) is 0 Å². The summed E-state index contributed by atoms with van der Waals surface area (Å²) < 4.78 is 5.33. The van der Waals surface area contributed by atoms with Crippen LogP contribution in [0.3, 0.4) is 0 Å². The molecule has 0 bridgehead atoms. The fourth-order valence-electron chi connectivity index (χ4n) is 2.19. The first-order valence-electron chi connectivity index (χ1n) is 6.82. The molecule has 1 aromatic carbocycles.